The van der Waals surface area contributed by atoms with Crippen LogP contribution < -0.4 is 0 Å². The summed E-state index contributed by atoms with van der Waals surface area (Å²) >= 11 is 0. The summed E-state index contributed by atoms with van der Waals surface area (Å²) in [5.41, 5.74) is -3.36. The predicted molar refractivity (Wildman–Crippen MR) is 95.8 cm³/mol. The minimum absolute atomic E-state index is 0.256. The van der Waals surface area contributed by atoms with E-state index >= 15 is 0 Å². The Kier molecular flexibility index (Phi) is 3.91. The molecule has 0 aliphatic carbocycles. The summed E-state index contributed by atoms with van der Waals surface area (Å²) in [6.45, 7) is 1.59. The minimum Gasteiger partial charge on any atom is -0.443 e. The zero-order valence-corrected chi connectivity index (χ0v) is 15.3. The fourth-order valence-corrected chi connectivity index (χ4v) is 4.35. The molecule has 2 aliphatic heterocycles. The molecule has 4 rings (SSSR count). The van der Waals surface area contributed by atoms with Crippen LogP contribution in [-0.4, -0.2) is 10.9 Å². The maximum absolute atomic E-state index is 13.5. The zero-order chi connectivity index (χ0) is 20.9. The summed E-state index contributed by atoms with van der Waals surface area (Å²) in [5, 5.41) is 38.8. The molecule has 1 aromatic carbocycles. The molecule has 3 heterocycles. The number of halogens is 1. The first kappa shape index (κ1) is 18.6. The lowest BCUT2D eigenvalue weighted by Crippen LogP contribution is -2.57. The van der Waals surface area contributed by atoms with Crippen molar-refractivity contribution in [2.45, 2.75) is 18.8 Å². The van der Waals surface area contributed by atoms with E-state index in [2.05, 4.69) is 4.98 Å². The molecule has 2 aromatic rings. The summed E-state index contributed by atoms with van der Waals surface area (Å²) < 4.78 is 25.6. The second kappa shape index (κ2) is 6.10. The van der Waals surface area contributed by atoms with Crippen molar-refractivity contribution in [1.29, 1.82) is 21.2 Å². The summed E-state index contributed by atoms with van der Waals surface area (Å²) in [5.74, 6) is -3.56. The van der Waals surface area contributed by atoms with Crippen molar-refractivity contribution in [3.63, 3.8) is 0 Å². The number of hydrogen-bond donors (Lipinski definition) is 1. The number of rotatable bonds is 2. The van der Waals surface area contributed by atoms with E-state index in [1.165, 1.54) is 30.5 Å². The van der Waals surface area contributed by atoms with Gasteiger partial charge in [0.1, 0.15) is 11.9 Å². The molecule has 2 aliphatic rings. The molecule has 1 N–H and O–H groups in total. The molecule has 142 valence electrons. The van der Waals surface area contributed by atoms with Gasteiger partial charge in [-0.3, -0.25) is 10.4 Å². The molecule has 0 spiro atoms. The van der Waals surface area contributed by atoms with E-state index in [4.69, 9.17) is 14.9 Å². The van der Waals surface area contributed by atoms with Gasteiger partial charge in [0, 0.05) is 11.8 Å². The predicted octanol–water partition coefficient (Wildman–Crippen LogP) is 3.33. The van der Waals surface area contributed by atoms with Gasteiger partial charge in [-0.25, -0.2) is 4.39 Å². The molecule has 2 bridgehead atoms. The lowest BCUT2D eigenvalue weighted by atomic mass is 9.54. The van der Waals surface area contributed by atoms with Crippen LogP contribution in [-0.2, 0) is 15.3 Å². The molecule has 2 fully saturated rings. The number of nitrogens with zero attached hydrogens (tertiary/aromatic N) is 4. The molecule has 8 heteroatoms. The SMILES string of the molecule is CC1C2(c3ccc(F)cc3)OC(=N)C1(C#N)C(C#N)(C#N)C(c1ccccn1)O2. The molecule has 0 saturated carbocycles. The van der Waals surface area contributed by atoms with Gasteiger partial charge in [-0.15, -0.1) is 0 Å². The van der Waals surface area contributed by atoms with Crippen LogP contribution in [0.3, 0.4) is 0 Å². The number of nitrogens with one attached hydrogen (secondary N) is 1. The van der Waals surface area contributed by atoms with Gasteiger partial charge in [-0.1, -0.05) is 13.0 Å². The Labute approximate surface area is 166 Å². The van der Waals surface area contributed by atoms with E-state index < -0.39 is 40.4 Å². The van der Waals surface area contributed by atoms with Crippen LogP contribution in [0.15, 0.2) is 48.7 Å². The Morgan fingerprint density at radius 1 is 1.07 bits per heavy atom. The van der Waals surface area contributed by atoms with Crippen molar-refractivity contribution in [2.75, 3.05) is 0 Å². The third kappa shape index (κ3) is 2.05. The largest absolute Gasteiger partial charge is 0.443 e. The topological polar surface area (TPSA) is 127 Å². The van der Waals surface area contributed by atoms with E-state index in [0.29, 0.717) is 5.56 Å². The van der Waals surface area contributed by atoms with Crippen LogP contribution in [0.25, 0.3) is 0 Å². The Bertz CT molecular complexity index is 1100. The van der Waals surface area contributed by atoms with Crippen molar-refractivity contribution in [1.82, 2.24) is 4.98 Å². The second-order valence-corrected chi connectivity index (χ2v) is 7.03. The monoisotopic (exact) mass is 387 g/mol. The summed E-state index contributed by atoms with van der Waals surface area (Å²) in [7, 11) is 0. The summed E-state index contributed by atoms with van der Waals surface area (Å²) in [6, 6.07) is 16.1. The zero-order valence-electron chi connectivity index (χ0n) is 15.3. The average molecular weight is 387 g/mol. The highest BCUT2D eigenvalue weighted by Gasteiger charge is 2.80. The van der Waals surface area contributed by atoms with E-state index in [-0.39, 0.29) is 5.69 Å². The van der Waals surface area contributed by atoms with Gasteiger partial charge in [0.05, 0.1) is 29.8 Å². The number of aromatic nitrogens is 1. The van der Waals surface area contributed by atoms with Crippen LogP contribution in [0.2, 0.25) is 0 Å². The highest BCUT2D eigenvalue weighted by atomic mass is 19.1. The van der Waals surface area contributed by atoms with E-state index in [1.54, 1.807) is 25.1 Å². The molecule has 4 atom stereocenters. The highest BCUT2D eigenvalue weighted by Crippen LogP contribution is 2.68. The molecule has 2 saturated heterocycles. The lowest BCUT2D eigenvalue weighted by molar-refractivity contribution is -0.289. The average Bonchev–Trinajstić information content (AvgIpc) is 2.91. The first-order chi connectivity index (χ1) is 13.9. The van der Waals surface area contributed by atoms with Crippen molar-refractivity contribution in [3.8, 4) is 18.2 Å². The third-order valence-corrected chi connectivity index (χ3v) is 5.87. The van der Waals surface area contributed by atoms with E-state index in [1.807, 2.05) is 18.2 Å². The van der Waals surface area contributed by atoms with Gasteiger partial charge in [-0.2, -0.15) is 15.8 Å². The Morgan fingerprint density at radius 3 is 2.31 bits per heavy atom. The van der Waals surface area contributed by atoms with Gasteiger partial charge < -0.3 is 9.47 Å². The normalized spacial score (nSPS) is 31.8. The minimum atomic E-state index is -2.08. The number of fused-ring (bicyclic) bond motifs is 2. The maximum atomic E-state index is 13.5. The number of benzene rings is 1. The molecular formula is C21H14FN5O2. The first-order valence-electron chi connectivity index (χ1n) is 8.78. The lowest BCUT2D eigenvalue weighted by Gasteiger charge is -2.48. The highest BCUT2D eigenvalue weighted by molar-refractivity contribution is 5.89. The number of ether oxygens (including phenoxy) is 2. The Morgan fingerprint density at radius 2 is 1.76 bits per heavy atom. The number of nitriles is 3. The van der Waals surface area contributed by atoms with Crippen molar-refractivity contribution in [3.05, 3.63) is 65.7 Å². The van der Waals surface area contributed by atoms with Crippen molar-refractivity contribution in [2.24, 2.45) is 16.7 Å². The maximum Gasteiger partial charge on any atom is 0.244 e. The molecule has 0 radical (unpaired) electrons. The van der Waals surface area contributed by atoms with Crippen LogP contribution in [0.5, 0.6) is 0 Å². The molecule has 1 aromatic heterocycles. The smallest absolute Gasteiger partial charge is 0.244 e. The number of pyridine rings is 1. The van der Waals surface area contributed by atoms with Crippen molar-refractivity contribution < 1.29 is 13.9 Å². The summed E-state index contributed by atoms with van der Waals surface area (Å²) in [4.78, 5) is 4.22. The third-order valence-electron chi connectivity index (χ3n) is 5.87. The van der Waals surface area contributed by atoms with Crippen LogP contribution in [0, 0.1) is 62.0 Å². The van der Waals surface area contributed by atoms with Crippen LogP contribution in [0.4, 0.5) is 4.39 Å². The van der Waals surface area contributed by atoms with Crippen LogP contribution >= 0.6 is 0 Å². The fraction of sp³-hybridized carbons (Fsp3) is 0.286. The Hall–Kier alpha value is -3.80. The Balaban J connectivity index is 2.04. The van der Waals surface area contributed by atoms with Gasteiger partial charge in [0.25, 0.3) is 0 Å². The second-order valence-electron chi connectivity index (χ2n) is 7.03. The van der Waals surface area contributed by atoms with Gasteiger partial charge in [0.2, 0.25) is 17.1 Å². The fourth-order valence-electron chi connectivity index (χ4n) is 4.35. The molecule has 0 amide bonds. The first-order valence-corrected chi connectivity index (χ1v) is 8.78. The molecule has 7 nitrogen and oxygen atoms in total. The van der Waals surface area contributed by atoms with E-state index in [0.717, 1.165) is 0 Å². The van der Waals surface area contributed by atoms with Gasteiger partial charge >= 0.3 is 0 Å². The van der Waals surface area contributed by atoms with Gasteiger partial charge in [-0.05, 0) is 36.4 Å². The van der Waals surface area contributed by atoms with Gasteiger partial charge in [0.15, 0.2) is 5.41 Å². The van der Waals surface area contributed by atoms with Crippen molar-refractivity contribution >= 4 is 5.90 Å². The quantitative estimate of drug-likeness (QED) is 0.842. The molecule has 4 unspecified atom stereocenters. The van der Waals surface area contributed by atoms with E-state index in [9.17, 15) is 20.2 Å². The number of hydrogen-bond acceptors (Lipinski definition) is 7. The standard InChI is InChI=1S/C21H14FN5O2/c1-13-20(12-25)18(26)29-21(13,14-5-7-15(22)8-6-14)28-17(19(20,10-23)11-24)16-4-2-3-9-27-16/h2-9,13,17,26H,1H3. The molecule has 29 heavy (non-hydrogen) atoms. The summed E-state index contributed by atoms with van der Waals surface area (Å²) in [6.07, 6.45) is 0.205. The molecular weight excluding hydrogens is 373 g/mol. The van der Waals surface area contributed by atoms with Crippen LogP contribution in [0.1, 0.15) is 24.3 Å².